The SMILES string of the molecule is C=C(C)[C@@H]1CC[C@]2(C(=O)O)CC[C@]3(C)[C@H](CC[C@@H]4[C@@]5(C)C/C(=C\c6ccc(Br)cc6)[C@H](O)C(C)(C)[C@@H]5CC[C@]43C)[C@@H]12. The van der Waals surface area contributed by atoms with Crippen molar-refractivity contribution in [3.63, 3.8) is 0 Å². The molecule has 5 aliphatic carbocycles. The molecule has 5 saturated carbocycles. The molecule has 0 bridgehead atoms. The van der Waals surface area contributed by atoms with Crippen LogP contribution in [0.3, 0.4) is 0 Å². The van der Waals surface area contributed by atoms with Crippen LogP contribution in [0.5, 0.6) is 0 Å². The third-order valence-electron chi connectivity index (χ3n) is 14.5. The predicted molar refractivity (Wildman–Crippen MR) is 170 cm³/mol. The highest BCUT2D eigenvalue weighted by Crippen LogP contribution is 2.77. The van der Waals surface area contributed by atoms with Crippen LogP contribution in [0.4, 0.5) is 0 Å². The fraction of sp³-hybridized carbons (Fsp3) is 0.703. The lowest BCUT2D eigenvalue weighted by Crippen LogP contribution is -2.67. The van der Waals surface area contributed by atoms with Gasteiger partial charge in [-0.3, -0.25) is 4.79 Å². The molecule has 0 aromatic heterocycles. The lowest BCUT2D eigenvalue weighted by atomic mass is 9.32. The minimum atomic E-state index is -0.574. The monoisotopic (exact) mass is 622 g/mol. The second-order valence-corrected chi connectivity index (χ2v) is 17.2. The smallest absolute Gasteiger partial charge is 0.309 e. The van der Waals surface area contributed by atoms with Crippen LogP contribution in [0.2, 0.25) is 0 Å². The number of fused-ring (bicyclic) bond motifs is 7. The van der Waals surface area contributed by atoms with Crippen LogP contribution in [-0.2, 0) is 4.79 Å². The fourth-order valence-corrected chi connectivity index (χ4v) is 12.7. The molecule has 0 heterocycles. The summed E-state index contributed by atoms with van der Waals surface area (Å²) in [6.45, 7) is 18.9. The van der Waals surface area contributed by atoms with E-state index in [-0.39, 0.29) is 27.6 Å². The van der Waals surface area contributed by atoms with E-state index in [1.807, 2.05) is 0 Å². The maximum atomic E-state index is 13.0. The van der Waals surface area contributed by atoms with Gasteiger partial charge in [0, 0.05) is 4.47 Å². The minimum absolute atomic E-state index is 0.0929. The maximum absolute atomic E-state index is 13.0. The van der Waals surface area contributed by atoms with Gasteiger partial charge in [-0.15, -0.1) is 0 Å². The zero-order chi connectivity index (χ0) is 29.8. The van der Waals surface area contributed by atoms with Crippen LogP contribution >= 0.6 is 15.9 Å². The number of hydrogen-bond donors (Lipinski definition) is 2. The Kier molecular flexibility index (Phi) is 6.91. The molecule has 0 unspecified atom stereocenters. The second-order valence-electron chi connectivity index (χ2n) is 16.3. The number of aliphatic hydroxyl groups is 1. The highest BCUT2D eigenvalue weighted by Gasteiger charge is 2.72. The molecule has 224 valence electrons. The van der Waals surface area contributed by atoms with Crippen LogP contribution in [0.25, 0.3) is 6.08 Å². The number of hydrogen-bond acceptors (Lipinski definition) is 2. The molecule has 4 heteroatoms. The average molecular weight is 624 g/mol. The zero-order valence-electron chi connectivity index (χ0n) is 26.1. The van der Waals surface area contributed by atoms with Crippen LogP contribution < -0.4 is 0 Å². The van der Waals surface area contributed by atoms with Gasteiger partial charge in [0.2, 0.25) is 0 Å². The molecule has 0 aliphatic heterocycles. The molecular weight excluding hydrogens is 572 g/mol. The van der Waals surface area contributed by atoms with Gasteiger partial charge in [-0.2, -0.15) is 0 Å². The van der Waals surface area contributed by atoms with Gasteiger partial charge in [0.1, 0.15) is 0 Å². The molecule has 0 spiro atoms. The Balaban J connectivity index is 1.41. The summed E-state index contributed by atoms with van der Waals surface area (Å²) in [7, 11) is 0. The number of halogens is 1. The summed E-state index contributed by atoms with van der Waals surface area (Å²) in [6, 6.07) is 8.44. The summed E-state index contributed by atoms with van der Waals surface area (Å²) in [5, 5.41) is 22.4. The van der Waals surface area contributed by atoms with Crippen molar-refractivity contribution in [1.82, 2.24) is 0 Å². The lowest BCUT2D eigenvalue weighted by Gasteiger charge is -2.72. The Morgan fingerprint density at radius 1 is 0.927 bits per heavy atom. The van der Waals surface area contributed by atoms with Gasteiger partial charge in [0.05, 0.1) is 11.5 Å². The number of carboxylic acids is 1. The van der Waals surface area contributed by atoms with Crippen molar-refractivity contribution in [2.75, 3.05) is 0 Å². The second kappa shape index (κ2) is 9.55. The summed E-state index contributed by atoms with van der Waals surface area (Å²) in [5.74, 6) is 1.42. The first-order valence-electron chi connectivity index (χ1n) is 16.1. The first-order valence-corrected chi connectivity index (χ1v) is 16.9. The van der Waals surface area contributed by atoms with Crippen molar-refractivity contribution < 1.29 is 15.0 Å². The van der Waals surface area contributed by atoms with Gasteiger partial charge < -0.3 is 10.2 Å². The Morgan fingerprint density at radius 2 is 1.61 bits per heavy atom. The van der Waals surface area contributed by atoms with E-state index in [1.54, 1.807) is 0 Å². The molecule has 0 radical (unpaired) electrons. The van der Waals surface area contributed by atoms with Crippen molar-refractivity contribution in [2.24, 2.45) is 56.7 Å². The summed E-state index contributed by atoms with van der Waals surface area (Å²) in [6.07, 6.45) is 11.0. The van der Waals surface area contributed by atoms with Gasteiger partial charge in [0.15, 0.2) is 0 Å². The van der Waals surface area contributed by atoms with Crippen molar-refractivity contribution in [2.45, 2.75) is 105 Å². The highest BCUT2D eigenvalue weighted by molar-refractivity contribution is 9.10. The standard InChI is InChI=1S/C37H51BrO3/c1-22(2)26-14-17-37(32(40)41)19-18-35(6)27(30(26)37)12-13-29-34(5)21-24(20-23-8-10-25(38)11-9-23)31(39)33(3,4)28(34)15-16-36(29,35)7/h8-11,20,26-31,39H,1,12-19,21H2,2-7H3,(H,40,41)/b24-20+/t26-,27+,28-,29+,30+,31-,34-,35+,36+,37-/m0/s1. The number of carbonyl (C=O) groups is 1. The quantitative estimate of drug-likeness (QED) is 0.330. The molecule has 5 aliphatic rings. The zero-order valence-corrected chi connectivity index (χ0v) is 27.7. The molecule has 2 N–H and O–H groups in total. The number of allylic oxidation sites excluding steroid dienone is 1. The number of carboxylic acid groups (broad SMARTS) is 1. The van der Waals surface area contributed by atoms with E-state index < -0.39 is 17.5 Å². The minimum Gasteiger partial charge on any atom is -0.481 e. The Hall–Kier alpha value is -1.39. The Bertz CT molecular complexity index is 1280. The molecule has 0 amide bonds. The van der Waals surface area contributed by atoms with E-state index in [1.165, 1.54) is 17.6 Å². The lowest BCUT2D eigenvalue weighted by molar-refractivity contribution is -0.240. The van der Waals surface area contributed by atoms with E-state index in [0.717, 1.165) is 61.4 Å². The maximum Gasteiger partial charge on any atom is 0.309 e. The largest absolute Gasteiger partial charge is 0.481 e. The van der Waals surface area contributed by atoms with Gasteiger partial charge >= 0.3 is 5.97 Å². The molecule has 6 rings (SSSR count). The molecule has 3 nitrogen and oxygen atoms in total. The van der Waals surface area contributed by atoms with Crippen LogP contribution in [0.1, 0.15) is 105 Å². The van der Waals surface area contributed by atoms with Gasteiger partial charge in [0.25, 0.3) is 0 Å². The predicted octanol–water partition coefficient (Wildman–Crippen LogP) is 9.55. The van der Waals surface area contributed by atoms with Crippen LogP contribution in [-0.4, -0.2) is 22.3 Å². The van der Waals surface area contributed by atoms with Gasteiger partial charge in [-0.05, 0) is 139 Å². The number of aliphatic hydroxyl groups excluding tert-OH is 1. The van der Waals surface area contributed by atoms with Crippen LogP contribution in [0, 0.1) is 56.7 Å². The first-order chi connectivity index (χ1) is 19.1. The van der Waals surface area contributed by atoms with Crippen molar-refractivity contribution >= 4 is 28.0 Å². The van der Waals surface area contributed by atoms with Crippen molar-refractivity contribution in [3.8, 4) is 0 Å². The molecular formula is C37H51BrO3. The summed E-state index contributed by atoms with van der Waals surface area (Å²) >= 11 is 3.56. The molecule has 0 saturated heterocycles. The van der Waals surface area contributed by atoms with Crippen molar-refractivity contribution in [3.05, 3.63) is 52.0 Å². The number of rotatable bonds is 3. The third kappa shape index (κ3) is 3.94. The Labute approximate surface area is 256 Å². The number of benzene rings is 1. The summed E-state index contributed by atoms with van der Waals surface area (Å²) in [4.78, 5) is 13.0. The van der Waals surface area contributed by atoms with E-state index in [0.29, 0.717) is 23.7 Å². The Morgan fingerprint density at radius 3 is 2.24 bits per heavy atom. The average Bonchev–Trinajstić information content (AvgIpc) is 3.30. The molecule has 1 aromatic rings. The normalized spacial score (nSPS) is 47.6. The van der Waals surface area contributed by atoms with E-state index in [9.17, 15) is 15.0 Å². The summed E-state index contributed by atoms with van der Waals surface area (Å²) < 4.78 is 1.07. The fourth-order valence-electron chi connectivity index (χ4n) is 12.5. The van der Waals surface area contributed by atoms with Crippen molar-refractivity contribution in [1.29, 1.82) is 0 Å². The van der Waals surface area contributed by atoms with E-state index in [4.69, 9.17) is 0 Å². The summed E-state index contributed by atoms with van der Waals surface area (Å²) in [5.41, 5.74) is 3.10. The van der Waals surface area contributed by atoms with Gasteiger partial charge in [-0.25, -0.2) is 0 Å². The molecule has 1 aromatic carbocycles. The molecule has 41 heavy (non-hydrogen) atoms. The third-order valence-corrected chi connectivity index (χ3v) is 15.0. The van der Waals surface area contributed by atoms with E-state index in [2.05, 4.69) is 94.4 Å². The topological polar surface area (TPSA) is 57.5 Å². The molecule has 10 atom stereocenters. The first kappa shape index (κ1) is 29.7. The van der Waals surface area contributed by atoms with Gasteiger partial charge in [-0.1, -0.05) is 80.9 Å². The highest BCUT2D eigenvalue weighted by atomic mass is 79.9. The molecule has 5 fully saturated rings. The number of aliphatic carboxylic acids is 1. The van der Waals surface area contributed by atoms with E-state index >= 15 is 0 Å². The van der Waals surface area contributed by atoms with Crippen LogP contribution in [0.15, 0.2) is 46.5 Å².